The Morgan fingerprint density at radius 1 is 1.00 bits per heavy atom. The van der Waals surface area contributed by atoms with Crippen molar-refractivity contribution in [1.29, 1.82) is 0 Å². The van der Waals surface area contributed by atoms with Crippen LogP contribution in [-0.2, 0) is 20.1 Å². The number of nitrogen functional groups attached to an aromatic ring is 1. The molecule has 0 radical (unpaired) electrons. The SMILES string of the molecule is Nc1cc(S(=O)(=O)Nc2ccccc2S(=O)(=O)O)ccc1O. The van der Waals surface area contributed by atoms with Crippen LogP contribution in [0.15, 0.2) is 52.3 Å². The third-order valence-corrected chi connectivity index (χ3v) is 4.99. The van der Waals surface area contributed by atoms with E-state index in [4.69, 9.17) is 10.3 Å². The Bertz CT molecular complexity index is 922. The fourth-order valence-corrected chi connectivity index (χ4v) is 3.51. The van der Waals surface area contributed by atoms with Gasteiger partial charge in [-0.3, -0.25) is 9.27 Å². The summed E-state index contributed by atoms with van der Waals surface area (Å²) in [5.74, 6) is -0.280. The van der Waals surface area contributed by atoms with Crippen molar-refractivity contribution in [3.05, 3.63) is 42.5 Å². The van der Waals surface area contributed by atoms with E-state index >= 15 is 0 Å². The van der Waals surface area contributed by atoms with Gasteiger partial charge in [0.15, 0.2) is 0 Å². The number of sulfonamides is 1. The summed E-state index contributed by atoms with van der Waals surface area (Å²) in [6, 6.07) is 8.19. The maximum Gasteiger partial charge on any atom is 0.296 e. The van der Waals surface area contributed by atoms with Gasteiger partial charge in [-0.2, -0.15) is 8.42 Å². The van der Waals surface area contributed by atoms with Crippen LogP contribution in [0.2, 0.25) is 0 Å². The zero-order valence-electron chi connectivity index (χ0n) is 11.0. The van der Waals surface area contributed by atoms with E-state index in [1.165, 1.54) is 18.2 Å². The molecule has 0 amide bonds. The third-order valence-electron chi connectivity index (χ3n) is 2.72. The highest BCUT2D eigenvalue weighted by molar-refractivity contribution is 7.93. The van der Waals surface area contributed by atoms with Gasteiger partial charge in [0.2, 0.25) is 0 Å². The molecule has 5 N–H and O–H groups in total. The van der Waals surface area contributed by atoms with Crippen LogP contribution < -0.4 is 10.5 Å². The number of nitrogens with one attached hydrogen (secondary N) is 1. The molecule has 0 heterocycles. The van der Waals surface area contributed by atoms with E-state index in [1.54, 1.807) is 0 Å². The number of phenols is 1. The summed E-state index contributed by atoms with van der Waals surface area (Å²) in [5.41, 5.74) is 4.98. The van der Waals surface area contributed by atoms with Gasteiger partial charge >= 0.3 is 0 Å². The largest absolute Gasteiger partial charge is 0.506 e. The lowest BCUT2D eigenvalue weighted by Crippen LogP contribution is -2.15. The molecule has 2 rings (SSSR count). The highest BCUT2D eigenvalue weighted by Gasteiger charge is 2.21. The Morgan fingerprint density at radius 3 is 2.23 bits per heavy atom. The summed E-state index contributed by atoms with van der Waals surface area (Å²) < 4.78 is 58.1. The molecule has 0 bridgehead atoms. The topological polar surface area (TPSA) is 147 Å². The molecule has 0 fully saturated rings. The van der Waals surface area contributed by atoms with E-state index in [0.717, 1.165) is 24.3 Å². The number of hydrogen-bond acceptors (Lipinski definition) is 6. The van der Waals surface area contributed by atoms with Crippen molar-refractivity contribution in [2.24, 2.45) is 0 Å². The minimum atomic E-state index is -4.59. The van der Waals surface area contributed by atoms with Crippen LogP contribution >= 0.6 is 0 Å². The van der Waals surface area contributed by atoms with Gasteiger partial charge in [-0.05, 0) is 30.3 Å². The van der Waals surface area contributed by atoms with E-state index in [9.17, 15) is 21.9 Å². The Hall–Kier alpha value is -2.30. The normalized spacial score (nSPS) is 12.0. The Labute approximate surface area is 127 Å². The summed E-state index contributed by atoms with van der Waals surface area (Å²) in [7, 11) is -8.75. The van der Waals surface area contributed by atoms with E-state index in [2.05, 4.69) is 4.72 Å². The van der Waals surface area contributed by atoms with Crippen LogP contribution in [0.1, 0.15) is 0 Å². The number of hydrogen-bond donors (Lipinski definition) is 4. The molecule has 118 valence electrons. The summed E-state index contributed by atoms with van der Waals surface area (Å²) >= 11 is 0. The van der Waals surface area contributed by atoms with E-state index in [-0.39, 0.29) is 22.0 Å². The maximum absolute atomic E-state index is 12.2. The number of benzene rings is 2. The Morgan fingerprint density at radius 2 is 1.64 bits per heavy atom. The number of nitrogens with two attached hydrogens (primary N) is 1. The summed E-state index contributed by atoms with van der Waals surface area (Å²) in [6.07, 6.45) is 0. The zero-order valence-corrected chi connectivity index (χ0v) is 12.6. The molecular formula is C12H12N2O6S2. The van der Waals surface area contributed by atoms with Crippen molar-refractivity contribution < 1.29 is 26.5 Å². The van der Waals surface area contributed by atoms with Gasteiger partial charge < -0.3 is 10.8 Å². The van der Waals surface area contributed by atoms with E-state index < -0.39 is 25.0 Å². The van der Waals surface area contributed by atoms with Crippen LogP contribution in [0.3, 0.4) is 0 Å². The molecule has 0 saturated carbocycles. The second-order valence-electron chi connectivity index (χ2n) is 4.30. The van der Waals surface area contributed by atoms with E-state index in [0.29, 0.717) is 0 Å². The number of phenolic OH excluding ortho intramolecular Hbond substituents is 1. The van der Waals surface area contributed by atoms with Crippen LogP contribution in [0, 0.1) is 0 Å². The molecule has 0 aliphatic rings. The molecular weight excluding hydrogens is 332 g/mol. The minimum Gasteiger partial charge on any atom is -0.506 e. The first kappa shape index (κ1) is 16.1. The minimum absolute atomic E-state index is 0.147. The molecule has 2 aromatic carbocycles. The molecule has 10 heteroatoms. The lowest BCUT2D eigenvalue weighted by molar-refractivity contribution is 0.477. The lowest BCUT2D eigenvalue weighted by Gasteiger charge is -2.11. The fourth-order valence-electron chi connectivity index (χ4n) is 1.68. The Balaban J connectivity index is 2.48. The van der Waals surface area contributed by atoms with E-state index in [1.807, 2.05) is 0 Å². The molecule has 22 heavy (non-hydrogen) atoms. The molecule has 0 atom stereocenters. The van der Waals surface area contributed by atoms with Gasteiger partial charge in [-0.15, -0.1) is 0 Å². The second-order valence-corrected chi connectivity index (χ2v) is 7.37. The molecule has 2 aromatic rings. The monoisotopic (exact) mass is 344 g/mol. The highest BCUT2D eigenvalue weighted by Crippen LogP contribution is 2.27. The van der Waals surface area contributed by atoms with Crippen molar-refractivity contribution >= 4 is 31.5 Å². The molecule has 8 nitrogen and oxygen atoms in total. The highest BCUT2D eigenvalue weighted by atomic mass is 32.2. The van der Waals surface area contributed by atoms with Crippen molar-refractivity contribution in [1.82, 2.24) is 0 Å². The predicted molar refractivity (Wildman–Crippen MR) is 79.6 cm³/mol. The van der Waals surface area contributed by atoms with Gasteiger partial charge in [0.25, 0.3) is 20.1 Å². The van der Waals surface area contributed by atoms with Gasteiger partial charge in [-0.1, -0.05) is 12.1 Å². The molecule has 0 aromatic heterocycles. The van der Waals surface area contributed by atoms with Gasteiger partial charge in [0, 0.05) is 0 Å². The van der Waals surface area contributed by atoms with Gasteiger partial charge in [0.05, 0.1) is 16.3 Å². The van der Waals surface area contributed by atoms with Crippen molar-refractivity contribution in [2.45, 2.75) is 9.79 Å². The lowest BCUT2D eigenvalue weighted by atomic mass is 10.3. The smallest absolute Gasteiger partial charge is 0.296 e. The van der Waals surface area contributed by atoms with Crippen molar-refractivity contribution in [3.8, 4) is 5.75 Å². The Kier molecular flexibility index (Phi) is 4.00. The number of aromatic hydroxyl groups is 1. The van der Waals surface area contributed by atoms with Crippen molar-refractivity contribution in [3.63, 3.8) is 0 Å². The standard InChI is InChI=1S/C12H12N2O6S2/c13-9-7-8(5-6-11(9)15)21(16,17)14-10-3-1-2-4-12(10)22(18,19)20/h1-7,14-15H,13H2,(H,18,19,20). The first-order chi connectivity index (χ1) is 10.1. The average molecular weight is 344 g/mol. The predicted octanol–water partition coefficient (Wildman–Crippen LogP) is 1.02. The zero-order chi connectivity index (χ0) is 16.5. The molecule has 0 spiro atoms. The molecule has 0 aliphatic heterocycles. The second kappa shape index (κ2) is 5.48. The number of anilines is 2. The van der Waals surface area contributed by atoms with Gasteiger partial charge in [-0.25, -0.2) is 8.42 Å². The molecule has 0 unspecified atom stereocenters. The third kappa shape index (κ3) is 3.30. The quantitative estimate of drug-likeness (QED) is 0.368. The molecule has 0 aliphatic carbocycles. The van der Waals surface area contributed by atoms with Crippen LogP contribution in [-0.4, -0.2) is 26.5 Å². The van der Waals surface area contributed by atoms with Crippen LogP contribution in [0.4, 0.5) is 11.4 Å². The summed E-state index contributed by atoms with van der Waals surface area (Å²) in [4.78, 5) is -0.849. The molecule has 0 saturated heterocycles. The van der Waals surface area contributed by atoms with Crippen molar-refractivity contribution in [2.75, 3.05) is 10.5 Å². The number of rotatable bonds is 4. The fraction of sp³-hybridized carbons (Fsp3) is 0. The first-order valence-electron chi connectivity index (χ1n) is 5.79. The van der Waals surface area contributed by atoms with Crippen LogP contribution in [0.25, 0.3) is 0 Å². The van der Waals surface area contributed by atoms with Gasteiger partial charge in [0.1, 0.15) is 10.6 Å². The average Bonchev–Trinajstić information content (AvgIpc) is 2.40. The first-order valence-corrected chi connectivity index (χ1v) is 8.71. The summed E-state index contributed by atoms with van der Waals surface area (Å²) in [5, 5.41) is 9.30. The maximum atomic E-state index is 12.2. The number of para-hydroxylation sites is 1. The summed E-state index contributed by atoms with van der Waals surface area (Å²) in [6.45, 7) is 0. The van der Waals surface area contributed by atoms with Crippen LogP contribution in [0.5, 0.6) is 5.75 Å².